The number of rotatable bonds is 6. The predicted molar refractivity (Wildman–Crippen MR) is 134 cm³/mol. The van der Waals surface area contributed by atoms with Gasteiger partial charge in [-0.1, -0.05) is 0 Å². The van der Waals surface area contributed by atoms with E-state index >= 15 is 0 Å². The van der Waals surface area contributed by atoms with Crippen LogP contribution in [-0.4, -0.2) is 44.9 Å². The summed E-state index contributed by atoms with van der Waals surface area (Å²) in [4.78, 5) is 30.4. The van der Waals surface area contributed by atoms with E-state index in [4.69, 9.17) is 9.57 Å². The lowest BCUT2D eigenvalue weighted by Gasteiger charge is -2.26. The van der Waals surface area contributed by atoms with E-state index in [0.29, 0.717) is 11.1 Å². The molecule has 2 aromatic carbocycles. The van der Waals surface area contributed by atoms with Crippen LogP contribution in [0.5, 0.6) is 11.6 Å². The van der Waals surface area contributed by atoms with Crippen LogP contribution in [0.1, 0.15) is 38.8 Å². The van der Waals surface area contributed by atoms with Crippen LogP contribution in [0.3, 0.4) is 0 Å². The van der Waals surface area contributed by atoms with Gasteiger partial charge in [-0.3, -0.25) is 0 Å². The van der Waals surface area contributed by atoms with Gasteiger partial charge in [0.25, 0.3) is 0 Å². The van der Waals surface area contributed by atoms with E-state index in [0.717, 1.165) is 28.7 Å². The molecule has 0 aliphatic carbocycles. The lowest BCUT2D eigenvalue weighted by atomic mass is 10.1. The van der Waals surface area contributed by atoms with Crippen molar-refractivity contribution in [3.05, 3.63) is 41.6 Å². The second kappa shape index (κ2) is 10.4. The topological polar surface area (TPSA) is 86.7 Å². The second-order valence-corrected chi connectivity index (χ2v) is 10.4. The van der Waals surface area contributed by atoms with Crippen LogP contribution in [-0.2, 0) is 10.9 Å². The van der Waals surface area contributed by atoms with Gasteiger partial charge in [0.1, 0.15) is 10.6 Å². The zero-order valence-corrected chi connectivity index (χ0v) is 22.2. The number of ether oxygens (including phenoxy) is 2. The molecule has 39 heavy (non-hydrogen) atoms. The van der Waals surface area contributed by atoms with Crippen LogP contribution < -0.4 is 9.57 Å². The second-order valence-electron chi connectivity index (χ2n) is 9.37. The molecule has 0 aliphatic heterocycles. The number of aromatic nitrogens is 3. The van der Waals surface area contributed by atoms with Crippen molar-refractivity contribution in [2.45, 2.75) is 53.0 Å². The van der Waals surface area contributed by atoms with E-state index in [9.17, 15) is 26.7 Å². The van der Waals surface area contributed by atoms with Gasteiger partial charge in [-0.2, -0.15) is 22.0 Å². The van der Waals surface area contributed by atoms with Crippen molar-refractivity contribution in [3.8, 4) is 22.2 Å². The SMILES string of the molecule is CCN(Oc1cc(C(F)(F)F)c2nc(-c3cc(C)cc4nc(OC(F)F)cnc34)sc2c1)C(=O)OC(C)(C)C. The van der Waals surface area contributed by atoms with E-state index < -0.39 is 35.9 Å². The Balaban J connectivity index is 1.81. The molecule has 4 rings (SSSR count). The number of nitrogens with zero attached hydrogens (tertiary/aromatic N) is 4. The molecule has 0 unspecified atom stereocenters. The summed E-state index contributed by atoms with van der Waals surface area (Å²) in [6.45, 7) is 5.16. The predicted octanol–water partition coefficient (Wildman–Crippen LogP) is 7.39. The summed E-state index contributed by atoms with van der Waals surface area (Å²) in [7, 11) is 0. The van der Waals surface area contributed by atoms with Crippen molar-refractivity contribution in [2.24, 2.45) is 0 Å². The Hall–Kier alpha value is -3.81. The summed E-state index contributed by atoms with van der Waals surface area (Å²) in [6, 6.07) is 5.35. The minimum Gasteiger partial charge on any atom is -0.442 e. The molecule has 1 amide bonds. The van der Waals surface area contributed by atoms with Crippen molar-refractivity contribution in [3.63, 3.8) is 0 Å². The number of benzene rings is 2. The first-order valence-electron chi connectivity index (χ1n) is 11.6. The molecule has 0 aliphatic rings. The summed E-state index contributed by atoms with van der Waals surface area (Å²) in [5.41, 5.74) is -0.762. The zero-order valence-electron chi connectivity index (χ0n) is 21.4. The van der Waals surface area contributed by atoms with Gasteiger partial charge in [0, 0.05) is 11.6 Å². The third-order valence-corrected chi connectivity index (χ3v) is 6.12. The number of hydroxylamine groups is 2. The molecular formula is C25H23F5N4O4S. The number of alkyl halides is 5. The van der Waals surface area contributed by atoms with Crippen molar-refractivity contribution in [1.29, 1.82) is 0 Å². The van der Waals surface area contributed by atoms with Crippen LogP contribution in [0.25, 0.3) is 31.8 Å². The third kappa shape index (κ3) is 6.44. The maximum absolute atomic E-state index is 14.1. The Morgan fingerprint density at radius 3 is 2.41 bits per heavy atom. The molecule has 0 bridgehead atoms. The highest BCUT2D eigenvalue weighted by Crippen LogP contribution is 2.42. The smallest absolute Gasteiger partial charge is 0.442 e. The summed E-state index contributed by atoms with van der Waals surface area (Å²) < 4.78 is 77.2. The average Bonchev–Trinajstić information content (AvgIpc) is 3.22. The van der Waals surface area contributed by atoms with E-state index in [2.05, 4.69) is 19.7 Å². The highest BCUT2D eigenvalue weighted by atomic mass is 32.1. The fourth-order valence-electron chi connectivity index (χ4n) is 3.62. The molecule has 4 aromatic rings. The minimum absolute atomic E-state index is 0.00740. The van der Waals surface area contributed by atoms with Gasteiger partial charge in [-0.15, -0.1) is 16.4 Å². The fraction of sp³-hybridized carbons (Fsp3) is 0.360. The molecule has 0 atom stereocenters. The number of carbonyl (C=O) groups is 1. The summed E-state index contributed by atoms with van der Waals surface area (Å²) in [6.07, 6.45) is -4.64. The van der Waals surface area contributed by atoms with Crippen molar-refractivity contribution in [1.82, 2.24) is 20.0 Å². The van der Waals surface area contributed by atoms with E-state index in [1.807, 2.05) is 0 Å². The molecule has 14 heteroatoms. The van der Waals surface area contributed by atoms with Gasteiger partial charge in [-0.25, -0.2) is 19.7 Å². The minimum atomic E-state index is -4.79. The molecule has 0 fully saturated rings. The molecule has 2 aromatic heterocycles. The quantitative estimate of drug-likeness (QED) is 0.177. The summed E-state index contributed by atoms with van der Waals surface area (Å²) >= 11 is 0.941. The van der Waals surface area contributed by atoms with Crippen molar-refractivity contribution < 1.29 is 41.1 Å². The number of amides is 1. The number of hydrogen-bond acceptors (Lipinski definition) is 8. The molecular weight excluding hydrogens is 547 g/mol. The van der Waals surface area contributed by atoms with Crippen molar-refractivity contribution in [2.75, 3.05) is 6.54 Å². The van der Waals surface area contributed by atoms with E-state index in [1.165, 1.54) is 6.07 Å². The van der Waals surface area contributed by atoms with Crippen LogP contribution in [0.15, 0.2) is 30.5 Å². The first-order chi connectivity index (χ1) is 18.1. The van der Waals surface area contributed by atoms with Crippen LogP contribution in [0.4, 0.5) is 26.7 Å². The zero-order chi connectivity index (χ0) is 28.7. The van der Waals surface area contributed by atoms with Gasteiger partial charge < -0.3 is 14.3 Å². The van der Waals surface area contributed by atoms with Gasteiger partial charge in [0.15, 0.2) is 5.75 Å². The van der Waals surface area contributed by atoms with Crippen LogP contribution in [0.2, 0.25) is 0 Å². The van der Waals surface area contributed by atoms with E-state index in [1.54, 1.807) is 46.8 Å². The third-order valence-electron chi connectivity index (χ3n) is 5.08. The number of carbonyl (C=O) groups excluding carboxylic acids is 1. The standard InChI is InChI=1S/C25H23F5N4O4S/c1-6-34(23(35)37-24(3,4)5)38-13-9-15(25(28,29)30)20-17(10-13)39-21(33-20)14-7-12(2)8-16-19(14)31-11-18(32-16)36-22(26)27/h7-11,22H,6H2,1-5H3. The van der Waals surface area contributed by atoms with Gasteiger partial charge in [0.05, 0.1) is 39.6 Å². The first-order valence-corrected chi connectivity index (χ1v) is 12.4. The average molecular weight is 571 g/mol. The monoisotopic (exact) mass is 570 g/mol. The number of thiazole rings is 1. The normalized spacial score (nSPS) is 12.3. The Bertz CT molecular complexity index is 1540. The lowest BCUT2D eigenvalue weighted by Crippen LogP contribution is -2.38. The highest BCUT2D eigenvalue weighted by Gasteiger charge is 2.36. The highest BCUT2D eigenvalue weighted by molar-refractivity contribution is 7.21. The van der Waals surface area contributed by atoms with Gasteiger partial charge >= 0.3 is 18.9 Å². The largest absolute Gasteiger partial charge is 0.443 e. The molecule has 8 nitrogen and oxygen atoms in total. The number of aryl methyl sites for hydroxylation is 1. The molecule has 0 spiro atoms. The Morgan fingerprint density at radius 1 is 1.08 bits per heavy atom. The maximum Gasteiger partial charge on any atom is 0.443 e. The molecule has 0 saturated carbocycles. The van der Waals surface area contributed by atoms with Crippen molar-refractivity contribution >= 4 is 38.7 Å². The maximum atomic E-state index is 14.1. The first kappa shape index (κ1) is 28.2. The van der Waals surface area contributed by atoms with Gasteiger partial charge in [-0.05, 0) is 58.4 Å². The molecule has 0 N–H and O–H groups in total. The number of hydrogen-bond donors (Lipinski definition) is 0. The number of fused-ring (bicyclic) bond motifs is 2. The van der Waals surface area contributed by atoms with E-state index in [-0.39, 0.29) is 38.6 Å². The lowest BCUT2D eigenvalue weighted by molar-refractivity contribution is -0.136. The summed E-state index contributed by atoms with van der Waals surface area (Å²) in [5, 5.41) is 1.01. The van der Waals surface area contributed by atoms with Crippen LogP contribution >= 0.6 is 11.3 Å². The Morgan fingerprint density at radius 2 is 1.79 bits per heavy atom. The molecule has 0 saturated heterocycles. The molecule has 2 heterocycles. The Labute approximate surface area is 223 Å². The Kier molecular flexibility index (Phi) is 7.52. The van der Waals surface area contributed by atoms with Gasteiger partial charge in [0.2, 0.25) is 5.88 Å². The van der Waals surface area contributed by atoms with Crippen LogP contribution in [0, 0.1) is 6.92 Å². The molecule has 208 valence electrons. The summed E-state index contributed by atoms with van der Waals surface area (Å²) in [5.74, 6) is -0.634. The fourth-order valence-corrected chi connectivity index (χ4v) is 4.66. The number of halogens is 5. The molecule has 0 radical (unpaired) electrons.